The van der Waals surface area contributed by atoms with Crippen LogP contribution in [0.2, 0.25) is 0 Å². The molecule has 0 saturated heterocycles. The summed E-state index contributed by atoms with van der Waals surface area (Å²) in [6.45, 7) is 10.8. The molecule has 0 heterocycles. The number of benzene rings is 1. The number of ether oxygens (including phenoxy) is 2. The summed E-state index contributed by atoms with van der Waals surface area (Å²) in [6.07, 6.45) is 3.89. The average Bonchev–Trinajstić information content (AvgIpc) is 2.42. The number of halogens is 1. The first-order valence-corrected chi connectivity index (χ1v) is 8.70. The van der Waals surface area contributed by atoms with Gasteiger partial charge in [-0.1, -0.05) is 35.7 Å². The van der Waals surface area contributed by atoms with Crippen molar-refractivity contribution in [3.05, 3.63) is 22.2 Å². The fourth-order valence-electron chi connectivity index (χ4n) is 2.05. The van der Waals surface area contributed by atoms with E-state index in [2.05, 4.69) is 34.2 Å². The minimum absolute atomic E-state index is 0.133. The molecule has 0 radical (unpaired) electrons. The van der Waals surface area contributed by atoms with Gasteiger partial charge < -0.3 is 14.8 Å². The molecule has 0 atom stereocenters. The fraction of sp³-hybridized carbons (Fsp3) is 0.647. The molecule has 0 fully saturated rings. The molecule has 0 spiro atoms. The Morgan fingerprint density at radius 3 is 2.52 bits per heavy atom. The fourth-order valence-corrected chi connectivity index (χ4v) is 2.51. The van der Waals surface area contributed by atoms with Gasteiger partial charge in [0.25, 0.3) is 0 Å². The molecule has 0 unspecified atom stereocenters. The molecule has 4 heteroatoms. The molecule has 21 heavy (non-hydrogen) atoms. The maximum atomic E-state index is 5.82. The lowest BCUT2D eigenvalue weighted by Gasteiger charge is -2.17. The second-order valence-electron chi connectivity index (χ2n) is 5.37. The van der Waals surface area contributed by atoms with Crippen molar-refractivity contribution in [3.63, 3.8) is 0 Å². The van der Waals surface area contributed by atoms with Crippen molar-refractivity contribution in [1.82, 2.24) is 5.32 Å². The van der Waals surface area contributed by atoms with Gasteiger partial charge in [0.15, 0.2) is 11.5 Å². The summed E-state index contributed by atoms with van der Waals surface area (Å²) in [5, 5.41) is 3.48. The normalized spacial score (nSPS) is 11.0. The molecule has 0 bridgehead atoms. The minimum atomic E-state index is 0.133. The van der Waals surface area contributed by atoms with E-state index in [4.69, 9.17) is 9.47 Å². The zero-order chi connectivity index (χ0) is 15.7. The minimum Gasteiger partial charge on any atom is -0.490 e. The van der Waals surface area contributed by atoms with Crippen molar-refractivity contribution >= 4 is 15.9 Å². The number of rotatable bonds is 10. The highest BCUT2D eigenvalue weighted by Crippen LogP contribution is 2.34. The summed E-state index contributed by atoms with van der Waals surface area (Å²) in [5.41, 5.74) is 1.20. The molecule has 0 aliphatic rings. The van der Waals surface area contributed by atoms with Crippen LogP contribution >= 0.6 is 15.9 Å². The van der Waals surface area contributed by atoms with Crippen molar-refractivity contribution in [2.24, 2.45) is 0 Å². The van der Waals surface area contributed by atoms with Crippen molar-refractivity contribution in [3.8, 4) is 11.5 Å². The van der Waals surface area contributed by atoms with Gasteiger partial charge >= 0.3 is 0 Å². The Balaban J connectivity index is 2.73. The van der Waals surface area contributed by atoms with Crippen molar-refractivity contribution in [2.45, 2.75) is 59.6 Å². The predicted molar refractivity (Wildman–Crippen MR) is 92.3 cm³/mol. The molecule has 120 valence electrons. The van der Waals surface area contributed by atoms with E-state index < -0.39 is 0 Å². The summed E-state index contributed by atoms with van der Waals surface area (Å²) < 4.78 is 12.6. The number of hydrogen-bond acceptors (Lipinski definition) is 3. The van der Waals surface area contributed by atoms with E-state index in [1.807, 2.05) is 26.8 Å². The summed E-state index contributed by atoms with van der Waals surface area (Å²) >= 11 is 3.63. The van der Waals surface area contributed by atoms with Gasteiger partial charge in [-0.25, -0.2) is 0 Å². The SMILES string of the molecule is CCCCCNCc1cc(OCC)c(OC(C)C)cc1Br. The highest BCUT2D eigenvalue weighted by molar-refractivity contribution is 9.10. The lowest BCUT2D eigenvalue weighted by molar-refractivity contribution is 0.223. The second-order valence-corrected chi connectivity index (χ2v) is 6.23. The molecule has 0 saturated carbocycles. The van der Waals surface area contributed by atoms with E-state index in [0.717, 1.165) is 29.1 Å². The molecule has 1 rings (SSSR count). The molecular formula is C17H28BrNO2. The Kier molecular flexibility index (Phi) is 8.77. The van der Waals surface area contributed by atoms with Crippen LogP contribution in [-0.2, 0) is 6.54 Å². The maximum absolute atomic E-state index is 5.82. The summed E-state index contributed by atoms with van der Waals surface area (Å²) in [4.78, 5) is 0. The quantitative estimate of drug-likeness (QED) is 0.603. The van der Waals surface area contributed by atoms with Crippen LogP contribution in [0.1, 0.15) is 52.5 Å². The highest BCUT2D eigenvalue weighted by Gasteiger charge is 2.12. The monoisotopic (exact) mass is 357 g/mol. The molecular weight excluding hydrogens is 330 g/mol. The lowest BCUT2D eigenvalue weighted by Crippen LogP contribution is -2.15. The van der Waals surface area contributed by atoms with Crippen molar-refractivity contribution in [1.29, 1.82) is 0 Å². The Morgan fingerprint density at radius 2 is 1.90 bits per heavy atom. The van der Waals surface area contributed by atoms with Gasteiger partial charge in [-0.05, 0) is 51.4 Å². The van der Waals surface area contributed by atoms with Gasteiger partial charge in [0.05, 0.1) is 12.7 Å². The van der Waals surface area contributed by atoms with Gasteiger partial charge in [-0.3, -0.25) is 0 Å². The van der Waals surface area contributed by atoms with Crippen LogP contribution in [0.3, 0.4) is 0 Å². The molecule has 0 aliphatic carbocycles. The Bertz CT molecular complexity index is 421. The van der Waals surface area contributed by atoms with E-state index in [-0.39, 0.29) is 6.10 Å². The van der Waals surface area contributed by atoms with Gasteiger partial charge in [-0.2, -0.15) is 0 Å². The van der Waals surface area contributed by atoms with Crippen LogP contribution in [0.15, 0.2) is 16.6 Å². The topological polar surface area (TPSA) is 30.5 Å². The third-order valence-electron chi connectivity index (χ3n) is 3.05. The summed E-state index contributed by atoms with van der Waals surface area (Å²) in [7, 11) is 0. The molecule has 1 N–H and O–H groups in total. The number of hydrogen-bond donors (Lipinski definition) is 1. The second kappa shape index (κ2) is 10.1. The van der Waals surface area contributed by atoms with Crippen LogP contribution in [0.25, 0.3) is 0 Å². The van der Waals surface area contributed by atoms with Crippen LogP contribution < -0.4 is 14.8 Å². The third-order valence-corrected chi connectivity index (χ3v) is 3.79. The molecule has 0 aromatic heterocycles. The van der Waals surface area contributed by atoms with E-state index in [1.54, 1.807) is 0 Å². The molecule has 0 amide bonds. The van der Waals surface area contributed by atoms with Crippen molar-refractivity contribution < 1.29 is 9.47 Å². The van der Waals surface area contributed by atoms with Crippen LogP contribution in [-0.4, -0.2) is 19.3 Å². The van der Waals surface area contributed by atoms with Gasteiger partial charge in [0.2, 0.25) is 0 Å². The van der Waals surface area contributed by atoms with Gasteiger partial charge in [0.1, 0.15) is 0 Å². The average molecular weight is 358 g/mol. The van der Waals surface area contributed by atoms with Gasteiger partial charge in [0, 0.05) is 11.0 Å². The van der Waals surface area contributed by atoms with Crippen LogP contribution in [0.4, 0.5) is 0 Å². The summed E-state index contributed by atoms with van der Waals surface area (Å²) in [5.74, 6) is 1.62. The summed E-state index contributed by atoms with van der Waals surface area (Å²) in [6, 6.07) is 4.08. The highest BCUT2D eigenvalue weighted by atomic mass is 79.9. The molecule has 1 aromatic carbocycles. The smallest absolute Gasteiger partial charge is 0.162 e. The molecule has 3 nitrogen and oxygen atoms in total. The third kappa shape index (κ3) is 6.70. The molecule has 0 aliphatic heterocycles. The largest absolute Gasteiger partial charge is 0.490 e. The zero-order valence-corrected chi connectivity index (χ0v) is 15.3. The van der Waals surface area contributed by atoms with Crippen LogP contribution in [0, 0.1) is 0 Å². The Morgan fingerprint density at radius 1 is 1.14 bits per heavy atom. The first kappa shape index (κ1) is 18.3. The van der Waals surface area contributed by atoms with Crippen LogP contribution in [0.5, 0.6) is 11.5 Å². The first-order valence-electron chi connectivity index (χ1n) is 7.91. The lowest BCUT2D eigenvalue weighted by atomic mass is 10.2. The van der Waals surface area contributed by atoms with Crippen molar-refractivity contribution in [2.75, 3.05) is 13.2 Å². The van der Waals surface area contributed by atoms with E-state index in [9.17, 15) is 0 Å². The Hall–Kier alpha value is -0.740. The Labute approximate surface area is 137 Å². The van der Waals surface area contributed by atoms with E-state index in [0.29, 0.717) is 6.61 Å². The molecule has 1 aromatic rings. The predicted octanol–water partition coefficient (Wildman–Crippen LogP) is 4.91. The van der Waals surface area contributed by atoms with E-state index >= 15 is 0 Å². The maximum Gasteiger partial charge on any atom is 0.162 e. The van der Waals surface area contributed by atoms with Gasteiger partial charge in [-0.15, -0.1) is 0 Å². The van der Waals surface area contributed by atoms with E-state index in [1.165, 1.54) is 24.8 Å². The first-order chi connectivity index (χ1) is 10.1. The standard InChI is InChI=1S/C17H28BrNO2/c1-5-7-8-9-19-12-14-10-16(20-6-2)17(11-15(14)18)21-13(3)4/h10-11,13,19H,5-9,12H2,1-4H3. The number of nitrogens with one attached hydrogen (secondary N) is 1. The number of unbranched alkanes of at least 4 members (excludes halogenated alkanes) is 2. The zero-order valence-electron chi connectivity index (χ0n) is 13.7.